The molecule has 2 saturated carbocycles. The van der Waals surface area contributed by atoms with Gasteiger partial charge in [-0.05, 0) is 176 Å². The summed E-state index contributed by atoms with van der Waals surface area (Å²) in [4.78, 5) is 51.0. The Hall–Kier alpha value is -8.99. The van der Waals surface area contributed by atoms with Gasteiger partial charge < -0.3 is 33.9 Å². The zero-order valence-corrected chi connectivity index (χ0v) is 51.2. The van der Waals surface area contributed by atoms with Crippen LogP contribution < -0.4 is 10.6 Å². The first-order chi connectivity index (χ1) is 41.9. The number of halogens is 2. The minimum Gasteiger partial charge on any atom is -0.444 e. The van der Waals surface area contributed by atoms with Crippen molar-refractivity contribution in [2.45, 2.75) is 153 Å². The lowest BCUT2D eigenvalue weighted by molar-refractivity contribution is -0.0345. The fourth-order valence-corrected chi connectivity index (χ4v) is 12.3. The number of hydrogen-bond acceptors (Lipinski definition) is 12. The molecule has 17 heteroatoms. The van der Waals surface area contributed by atoms with Gasteiger partial charge in [0.15, 0.2) is 23.2 Å². The molecule has 2 N–H and O–H groups in total. The molecular formula is C71H75F2N7O8. The summed E-state index contributed by atoms with van der Waals surface area (Å²) in [6.07, 6.45) is -0.0498. The number of ether oxygens (including phenoxy) is 3. The third-order valence-electron chi connectivity index (χ3n) is 17.5. The number of carbonyl (C=O) groups excluding carboxylic acids is 3. The van der Waals surface area contributed by atoms with Gasteiger partial charge in [0.2, 0.25) is 0 Å². The molecule has 6 aromatic carbocycles. The van der Waals surface area contributed by atoms with Crippen molar-refractivity contribution in [3.05, 3.63) is 203 Å². The Bertz CT molecular complexity index is 3600. The SMILES string of the molecule is CC(C)(C)OC(=O)N([C@@H](Cc1ccc(Nc2cc(-c3ccc(F)cc3)on2)cc1)[C@H]1CN(C2(c3cccc(C(C)(C)C)c3)CC2)C(=O)O1)[C@@H](Cc1ccc(Nc2cc(-c3ccc(F)cc3)on2)cc1)[C@H]1CN(C2(c3cccc(C(C)(C)C)c3)CC2)C(=O)O1. The van der Waals surface area contributed by atoms with Crippen LogP contribution in [0, 0.1) is 11.6 Å². The van der Waals surface area contributed by atoms with Crippen molar-refractivity contribution in [3.63, 3.8) is 0 Å². The lowest BCUT2D eigenvalue weighted by Crippen LogP contribution is -2.60. The minimum atomic E-state index is -0.983. The summed E-state index contributed by atoms with van der Waals surface area (Å²) in [5.74, 6) is 1.09. The van der Waals surface area contributed by atoms with Crippen LogP contribution in [0.5, 0.6) is 0 Å². The Morgan fingerprint density at radius 1 is 0.568 bits per heavy atom. The van der Waals surface area contributed by atoms with Gasteiger partial charge in [0.1, 0.15) is 29.4 Å². The largest absolute Gasteiger partial charge is 0.444 e. The normalized spacial score (nSPS) is 18.5. The molecule has 0 spiro atoms. The number of hydrogen-bond donors (Lipinski definition) is 2. The topological polar surface area (TPSA) is 165 Å². The van der Waals surface area contributed by atoms with Crippen LogP contribution in [0.4, 0.5) is 46.2 Å². The maximum absolute atomic E-state index is 15.8. The van der Waals surface area contributed by atoms with E-state index in [0.717, 1.165) is 59.1 Å². The van der Waals surface area contributed by atoms with Crippen LogP contribution in [0.3, 0.4) is 0 Å². The lowest BCUT2D eigenvalue weighted by atomic mass is 9.85. The number of cyclic esters (lactones) is 2. The average molecular weight is 1190 g/mol. The molecule has 4 aliphatic rings. The van der Waals surface area contributed by atoms with Gasteiger partial charge in [0.05, 0.1) is 36.3 Å². The van der Waals surface area contributed by atoms with Crippen LogP contribution in [0.2, 0.25) is 0 Å². The number of nitrogens with zero attached hydrogens (tertiary/aromatic N) is 5. The summed E-state index contributed by atoms with van der Waals surface area (Å²) in [6.45, 7) is 18.8. The second kappa shape index (κ2) is 22.9. The van der Waals surface area contributed by atoms with Crippen molar-refractivity contribution < 1.29 is 46.4 Å². The molecule has 4 heterocycles. The molecule has 4 atom stereocenters. The zero-order valence-electron chi connectivity index (χ0n) is 51.2. The third-order valence-corrected chi connectivity index (χ3v) is 17.5. The van der Waals surface area contributed by atoms with E-state index >= 15 is 4.79 Å². The van der Waals surface area contributed by atoms with Gasteiger partial charge in [-0.2, -0.15) is 0 Å². The molecule has 15 nitrogen and oxygen atoms in total. The Labute approximate surface area is 512 Å². The van der Waals surface area contributed by atoms with E-state index in [2.05, 4.69) is 111 Å². The standard InChI is InChI=1S/C71H75F2N7O8/c1-67(2,3)48-12-10-14-50(38-48)70(32-33-70)78-42-60(84-64(78)81)56(36-44-16-28-54(29-17-44)74-62-40-58(87-76-62)46-20-24-52(72)25-21-46)80(66(83)86-69(7,8)9)57(61-43-79(65(82)85-61)71(34-35-71)51-15-11-13-49(39-51)68(4,5)6)37-45-18-30-55(31-19-45)75-63-41-59(88-77-63)47-22-26-53(73)27-23-47/h10-31,38-41,56-57,60-61H,32-37,42-43H2,1-9H3,(H,74,76)(H,75,77)/t56-,57-,60+,61+/m0/s1. The van der Waals surface area contributed by atoms with Gasteiger partial charge in [0, 0.05) is 34.6 Å². The fraction of sp³-hybridized carbons (Fsp3) is 0.366. The fourth-order valence-electron chi connectivity index (χ4n) is 12.3. The Balaban J connectivity index is 0.922. The maximum atomic E-state index is 15.8. The van der Waals surface area contributed by atoms with Crippen LogP contribution in [0.25, 0.3) is 22.6 Å². The average Bonchev–Trinajstić information content (AvgIpc) is 1.60. The molecule has 0 unspecified atom stereocenters. The molecule has 4 fully saturated rings. The summed E-state index contributed by atoms with van der Waals surface area (Å²) in [5.41, 5.74) is 6.24. The van der Waals surface area contributed by atoms with E-state index in [1.165, 1.54) is 24.3 Å². The van der Waals surface area contributed by atoms with Gasteiger partial charge in [-0.25, -0.2) is 23.2 Å². The molecule has 3 amide bonds. The highest BCUT2D eigenvalue weighted by molar-refractivity contribution is 5.75. The predicted molar refractivity (Wildman–Crippen MR) is 332 cm³/mol. The summed E-state index contributed by atoms with van der Waals surface area (Å²) < 4.78 is 58.6. The zero-order chi connectivity index (χ0) is 61.9. The molecule has 456 valence electrons. The van der Waals surface area contributed by atoms with Crippen molar-refractivity contribution in [2.75, 3.05) is 23.7 Å². The van der Waals surface area contributed by atoms with E-state index in [9.17, 15) is 18.4 Å². The maximum Gasteiger partial charge on any atom is 0.411 e. The molecule has 8 aromatic rings. The molecule has 0 radical (unpaired) electrons. The molecule has 12 rings (SSSR count). The monoisotopic (exact) mass is 1190 g/mol. The van der Waals surface area contributed by atoms with E-state index in [0.29, 0.717) is 45.7 Å². The van der Waals surface area contributed by atoms with E-state index in [1.807, 2.05) is 79.1 Å². The summed E-state index contributed by atoms with van der Waals surface area (Å²) in [6, 6.07) is 46.0. The molecule has 2 saturated heterocycles. The van der Waals surface area contributed by atoms with Crippen molar-refractivity contribution in [1.29, 1.82) is 0 Å². The second-order valence-corrected chi connectivity index (χ2v) is 27.0. The minimum absolute atomic E-state index is 0.139. The van der Waals surface area contributed by atoms with Crippen molar-refractivity contribution in [2.24, 2.45) is 0 Å². The molecule has 2 aliphatic heterocycles. The van der Waals surface area contributed by atoms with Crippen LogP contribution in [-0.2, 0) is 49.0 Å². The summed E-state index contributed by atoms with van der Waals surface area (Å²) in [5, 5.41) is 15.1. The van der Waals surface area contributed by atoms with Crippen molar-refractivity contribution in [1.82, 2.24) is 25.0 Å². The van der Waals surface area contributed by atoms with E-state index in [4.69, 9.17) is 23.3 Å². The molecule has 0 bridgehead atoms. The van der Waals surface area contributed by atoms with E-state index < -0.39 is 59.3 Å². The Morgan fingerprint density at radius 3 is 1.31 bits per heavy atom. The van der Waals surface area contributed by atoms with Crippen LogP contribution in [0.15, 0.2) is 167 Å². The first-order valence-corrected chi connectivity index (χ1v) is 30.3. The van der Waals surface area contributed by atoms with Gasteiger partial charge in [-0.15, -0.1) is 0 Å². The van der Waals surface area contributed by atoms with E-state index in [1.54, 1.807) is 41.3 Å². The number of nitrogens with one attached hydrogen (secondary N) is 2. The van der Waals surface area contributed by atoms with E-state index in [-0.39, 0.29) is 48.4 Å². The van der Waals surface area contributed by atoms with Gasteiger partial charge in [-0.3, -0.25) is 14.7 Å². The first-order valence-electron chi connectivity index (χ1n) is 30.3. The molecule has 88 heavy (non-hydrogen) atoms. The smallest absolute Gasteiger partial charge is 0.411 e. The Kier molecular flexibility index (Phi) is 15.5. The Morgan fingerprint density at radius 2 is 0.955 bits per heavy atom. The van der Waals surface area contributed by atoms with Crippen molar-refractivity contribution in [3.8, 4) is 22.6 Å². The summed E-state index contributed by atoms with van der Waals surface area (Å²) in [7, 11) is 0. The summed E-state index contributed by atoms with van der Waals surface area (Å²) >= 11 is 0. The number of carbonyl (C=O) groups is 3. The van der Waals surface area contributed by atoms with Crippen LogP contribution in [-0.4, -0.2) is 86.3 Å². The highest BCUT2D eigenvalue weighted by atomic mass is 19.1. The highest BCUT2D eigenvalue weighted by Crippen LogP contribution is 2.55. The molecule has 2 aliphatic carbocycles. The lowest BCUT2D eigenvalue weighted by Gasteiger charge is -2.42. The number of aromatic nitrogens is 2. The second-order valence-electron chi connectivity index (χ2n) is 27.0. The van der Waals surface area contributed by atoms with Crippen molar-refractivity contribution >= 4 is 41.3 Å². The van der Waals surface area contributed by atoms with Crippen LogP contribution in [0.1, 0.15) is 121 Å². The molecular weight excluding hydrogens is 1120 g/mol. The number of benzene rings is 6. The molecule has 2 aromatic heterocycles. The number of anilines is 4. The van der Waals surface area contributed by atoms with Gasteiger partial charge in [-0.1, -0.05) is 125 Å². The quantitative estimate of drug-likeness (QED) is 0.0783. The van der Waals surface area contributed by atoms with Gasteiger partial charge in [0.25, 0.3) is 0 Å². The number of rotatable bonds is 18. The highest BCUT2D eigenvalue weighted by Gasteiger charge is 2.60. The third kappa shape index (κ3) is 12.6. The first kappa shape index (κ1) is 59.3. The predicted octanol–water partition coefficient (Wildman–Crippen LogP) is 16.1. The number of amides is 3. The van der Waals surface area contributed by atoms with Gasteiger partial charge >= 0.3 is 18.3 Å². The van der Waals surface area contributed by atoms with Crippen LogP contribution >= 0.6 is 0 Å².